The van der Waals surface area contributed by atoms with E-state index in [-0.39, 0.29) is 5.91 Å². The number of aromatic nitrogens is 4. The Labute approximate surface area is 214 Å². The van der Waals surface area contributed by atoms with E-state index in [9.17, 15) is 4.79 Å². The van der Waals surface area contributed by atoms with Gasteiger partial charge >= 0.3 is 0 Å². The highest BCUT2D eigenvalue weighted by molar-refractivity contribution is 7.99. The van der Waals surface area contributed by atoms with Crippen molar-refractivity contribution in [3.63, 3.8) is 0 Å². The van der Waals surface area contributed by atoms with Crippen LogP contribution in [0.1, 0.15) is 22.5 Å². The molecule has 1 saturated heterocycles. The zero-order chi connectivity index (χ0) is 25.1. The summed E-state index contributed by atoms with van der Waals surface area (Å²) in [6.45, 7) is 3.92. The van der Waals surface area contributed by atoms with E-state index >= 15 is 0 Å². The third kappa shape index (κ3) is 5.44. The van der Waals surface area contributed by atoms with Crippen LogP contribution in [-0.4, -0.2) is 53.3 Å². The molecule has 0 bridgehead atoms. The number of para-hydroxylation sites is 1. The Morgan fingerprint density at radius 3 is 2.50 bits per heavy atom. The summed E-state index contributed by atoms with van der Waals surface area (Å²) >= 11 is 1.48. The van der Waals surface area contributed by atoms with E-state index in [4.69, 9.17) is 9.97 Å². The van der Waals surface area contributed by atoms with E-state index < -0.39 is 0 Å². The van der Waals surface area contributed by atoms with Gasteiger partial charge in [-0.3, -0.25) is 9.89 Å². The van der Waals surface area contributed by atoms with Gasteiger partial charge in [0.1, 0.15) is 17.5 Å². The normalized spacial score (nSPS) is 12.7. The Hall–Kier alpha value is -4.05. The Morgan fingerprint density at radius 2 is 1.83 bits per heavy atom. The second-order valence-corrected chi connectivity index (χ2v) is 9.82. The van der Waals surface area contributed by atoms with Gasteiger partial charge in [0.25, 0.3) is 5.91 Å². The van der Waals surface area contributed by atoms with Crippen LogP contribution in [-0.2, 0) is 0 Å². The first kappa shape index (κ1) is 23.7. The molecule has 0 aliphatic carbocycles. The zero-order valence-corrected chi connectivity index (χ0v) is 21.3. The predicted molar refractivity (Wildman–Crippen MR) is 145 cm³/mol. The van der Waals surface area contributed by atoms with Crippen LogP contribution in [0.4, 0.5) is 28.8 Å². The first-order chi connectivity index (χ1) is 17.4. The van der Waals surface area contributed by atoms with Gasteiger partial charge in [0, 0.05) is 55.6 Å². The molecule has 184 valence electrons. The third-order valence-corrected chi connectivity index (χ3v) is 6.67. The van der Waals surface area contributed by atoms with Crippen LogP contribution in [0.15, 0.2) is 70.7 Å². The van der Waals surface area contributed by atoms with Gasteiger partial charge in [0.15, 0.2) is 5.16 Å². The molecule has 3 heterocycles. The fourth-order valence-corrected chi connectivity index (χ4v) is 4.59. The standard InChI is InChI=1S/C26H28N8OS/c1-17-15-23(32-31-17)28-22-16-24(34-13-6-14-34)30-26(29-22)36-19-11-9-18(10-12-19)27-25(35)20-7-4-5-8-21(20)33(2)3/h4-5,7-12,15-16H,6,13-14H2,1-3H3,(H,27,35)(H2,28,29,30,31,32). The third-order valence-electron chi connectivity index (χ3n) is 5.79. The Kier molecular flexibility index (Phi) is 6.77. The summed E-state index contributed by atoms with van der Waals surface area (Å²) in [4.78, 5) is 27.5. The average Bonchev–Trinajstić information content (AvgIpc) is 3.23. The van der Waals surface area contributed by atoms with Crippen LogP contribution >= 0.6 is 11.8 Å². The van der Waals surface area contributed by atoms with Gasteiger partial charge in [0.05, 0.1) is 11.3 Å². The van der Waals surface area contributed by atoms with Crippen LogP contribution in [0.25, 0.3) is 0 Å². The molecule has 1 aliphatic heterocycles. The fourth-order valence-electron chi connectivity index (χ4n) is 3.82. The van der Waals surface area contributed by atoms with E-state index in [1.807, 2.05) is 86.6 Å². The van der Waals surface area contributed by atoms with Crippen molar-refractivity contribution in [2.24, 2.45) is 0 Å². The van der Waals surface area contributed by atoms with Gasteiger partial charge in [-0.25, -0.2) is 9.97 Å². The van der Waals surface area contributed by atoms with Gasteiger partial charge in [-0.15, -0.1) is 0 Å². The highest BCUT2D eigenvalue weighted by Crippen LogP contribution is 2.31. The molecule has 1 fully saturated rings. The summed E-state index contributed by atoms with van der Waals surface area (Å²) in [6.07, 6.45) is 1.17. The van der Waals surface area contributed by atoms with Crippen molar-refractivity contribution in [2.75, 3.05) is 47.6 Å². The largest absolute Gasteiger partial charge is 0.377 e. The number of amides is 1. The molecule has 0 radical (unpaired) electrons. The number of H-pyrrole nitrogens is 1. The Morgan fingerprint density at radius 1 is 1.06 bits per heavy atom. The maximum absolute atomic E-state index is 12.9. The molecule has 2 aromatic heterocycles. The van der Waals surface area contributed by atoms with Crippen molar-refractivity contribution in [1.29, 1.82) is 0 Å². The Bertz CT molecular complexity index is 1360. The van der Waals surface area contributed by atoms with Gasteiger partial charge in [-0.05, 0) is 61.5 Å². The molecule has 0 unspecified atom stereocenters. The minimum absolute atomic E-state index is 0.143. The summed E-state index contributed by atoms with van der Waals surface area (Å²) in [5.74, 6) is 2.25. The minimum Gasteiger partial charge on any atom is -0.377 e. The number of aryl methyl sites for hydroxylation is 1. The Balaban J connectivity index is 1.31. The van der Waals surface area contributed by atoms with Crippen molar-refractivity contribution < 1.29 is 4.79 Å². The number of aromatic amines is 1. The average molecular weight is 501 g/mol. The molecule has 2 aromatic carbocycles. The summed E-state index contributed by atoms with van der Waals surface area (Å²) in [5, 5.41) is 14.1. The van der Waals surface area contributed by atoms with E-state index in [0.717, 1.165) is 46.7 Å². The molecular weight excluding hydrogens is 472 g/mol. The summed E-state index contributed by atoms with van der Waals surface area (Å²) in [7, 11) is 3.85. The zero-order valence-electron chi connectivity index (χ0n) is 20.4. The topological polar surface area (TPSA) is 102 Å². The number of hydrogen-bond acceptors (Lipinski definition) is 8. The molecule has 5 rings (SSSR count). The lowest BCUT2D eigenvalue weighted by molar-refractivity contribution is 0.102. The number of carbonyl (C=O) groups excluding carboxylic acids is 1. The number of hydrogen-bond donors (Lipinski definition) is 3. The summed E-state index contributed by atoms with van der Waals surface area (Å²) < 4.78 is 0. The van der Waals surface area contributed by atoms with Crippen LogP contribution in [0.3, 0.4) is 0 Å². The van der Waals surface area contributed by atoms with Crippen molar-refractivity contribution in [3.8, 4) is 0 Å². The van der Waals surface area contributed by atoms with E-state index in [1.54, 1.807) is 0 Å². The van der Waals surface area contributed by atoms with Crippen LogP contribution < -0.4 is 20.4 Å². The number of rotatable bonds is 8. The van der Waals surface area contributed by atoms with Crippen molar-refractivity contribution >= 4 is 46.5 Å². The second-order valence-electron chi connectivity index (χ2n) is 8.77. The van der Waals surface area contributed by atoms with Crippen molar-refractivity contribution in [1.82, 2.24) is 20.2 Å². The van der Waals surface area contributed by atoms with Gasteiger partial charge in [-0.1, -0.05) is 12.1 Å². The first-order valence-corrected chi connectivity index (χ1v) is 12.5. The number of nitrogens with one attached hydrogen (secondary N) is 3. The highest BCUT2D eigenvalue weighted by atomic mass is 32.2. The minimum atomic E-state index is -0.143. The van der Waals surface area contributed by atoms with Crippen LogP contribution in [0.5, 0.6) is 0 Å². The molecule has 10 heteroatoms. The number of benzene rings is 2. The van der Waals surface area contributed by atoms with E-state index in [1.165, 1.54) is 18.2 Å². The van der Waals surface area contributed by atoms with Crippen molar-refractivity contribution in [2.45, 2.75) is 23.4 Å². The van der Waals surface area contributed by atoms with Gasteiger partial charge < -0.3 is 20.4 Å². The molecule has 0 spiro atoms. The molecule has 1 aliphatic rings. The van der Waals surface area contributed by atoms with Crippen molar-refractivity contribution in [3.05, 3.63) is 71.9 Å². The quantitative estimate of drug-likeness (QED) is 0.293. The highest BCUT2D eigenvalue weighted by Gasteiger charge is 2.19. The molecule has 3 N–H and O–H groups in total. The van der Waals surface area contributed by atoms with Gasteiger partial charge in [0.2, 0.25) is 0 Å². The maximum Gasteiger partial charge on any atom is 0.257 e. The molecule has 1 amide bonds. The maximum atomic E-state index is 12.9. The number of anilines is 5. The SMILES string of the molecule is Cc1cc(Nc2cc(N3CCC3)nc(Sc3ccc(NC(=O)c4ccccc4N(C)C)cc3)n2)[nH]n1. The smallest absolute Gasteiger partial charge is 0.257 e. The first-order valence-electron chi connectivity index (χ1n) is 11.7. The molecule has 9 nitrogen and oxygen atoms in total. The summed E-state index contributed by atoms with van der Waals surface area (Å²) in [6, 6.07) is 19.2. The van der Waals surface area contributed by atoms with E-state index in [0.29, 0.717) is 16.5 Å². The summed E-state index contributed by atoms with van der Waals surface area (Å²) in [5.41, 5.74) is 3.13. The van der Waals surface area contributed by atoms with Crippen LogP contribution in [0.2, 0.25) is 0 Å². The molecular formula is C26H28N8OS. The monoisotopic (exact) mass is 500 g/mol. The van der Waals surface area contributed by atoms with Crippen LogP contribution in [0, 0.1) is 6.92 Å². The number of nitrogens with zero attached hydrogens (tertiary/aromatic N) is 5. The second kappa shape index (κ2) is 10.3. The van der Waals surface area contributed by atoms with E-state index in [2.05, 4.69) is 25.7 Å². The lowest BCUT2D eigenvalue weighted by Crippen LogP contribution is -2.37. The fraction of sp³-hybridized carbons (Fsp3) is 0.231. The molecule has 0 atom stereocenters. The molecule has 36 heavy (non-hydrogen) atoms. The lowest BCUT2D eigenvalue weighted by atomic mass is 10.1. The molecule has 0 saturated carbocycles. The van der Waals surface area contributed by atoms with Gasteiger partial charge in [-0.2, -0.15) is 5.10 Å². The molecule has 4 aromatic rings. The number of carbonyl (C=O) groups is 1. The lowest BCUT2D eigenvalue weighted by Gasteiger charge is -2.32. The predicted octanol–water partition coefficient (Wildman–Crippen LogP) is 4.93.